The zero-order valence-electron chi connectivity index (χ0n) is 9.89. The number of carbonyl (C=O) groups is 1. The molecule has 1 saturated heterocycles. The number of methoxy groups -OCH3 is 1. The van der Waals surface area contributed by atoms with Gasteiger partial charge >= 0.3 is 5.97 Å². The Labute approximate surface area is 108 Å². The van der Waals surface area contributed by atoms with Crippen LogP contribution in [0.3, 0.4) is 0 Å². The van der Waals surface area contributed by atoms with E-state index in [-0.39, 0.29) is 24.3 Å². The van der Waals surface area contributed by atoms with Gasteiger partial charge in [-0.2, -0.15) is 0 Å². The Morgan fingerprint density at radius 2 is 2.00 bits per heavy atom. The number of halogens is 1. The molecular formula is C13H18ClNO2. The predicted molar refractivity (Wildman–Crippen MR) is 69.4 cm³/mol. The molecule has 1 aliphatic rings. The Balaban J connectivity index is 0.00000144. The predicted octanol–water partition coefficient (Wildman–Crippen LogP) is 1.97. The second kappa shape index (κ2) is 6.62. The molecule has 3 nitrogen and oxygen atoms in total. The van der Waals surface area contributed by atoms with Crippen molar-refractivity contribution in [3.63, 3.8) is 0 Å². The molecule has 1 N–H and O–H groups in total. The highest BCUT2D eigenvalue weighted by Gasteiger charge is 2.28. The fourth-order valence-corrected chi connectivity index (χ4v) is 2.27. The van der Waals surface area contributed by atoms with E-state index in [4.69, 9.17) is 4.74 Å². The average Bonchev–Trinajstić information content (AvgIpc) is 2.39. The van der Waals surface area contributed by atoms with Gasteiger partial charge in [0.1, 0.15) is 0 Å². The van der Waals surface area contributed by atoms with E-state index in [1.165, 1.54) is 12.7 Å². The highest BCUT2D eigenvalue weighted by atomic mass is 35.5. The minimum absolute atomic E-state index is 0. The van der Waals surface area contributed by atoms with Gasteiger partial charge in [0.2, 0.25) is 0 Å². The topological polar surface area (TPSA) is 38.3 Å². The fourth-order valence-electron chi connectivity index (χ4n) is 2.27. The quantitative estimate of drug-likeness (QED) is 0.822. The van der Waals surface area contributed by atoms with Crippen molar-refractivity contribution in [3.05, 3.63) is 35.9 Å². The van der Waals surface area contributed by atoms with Gasteiger partial charge in [-0.15, -0.1) is 12.4 Å². The normalized spacial score (nSPS) is 23.6. The monoisotopic (exact) mass is 255 g/mol. The SMILES string of the molecule is COC(=O)C1CNCC(c2ccccc2)C1.Cl. The van der Waals surface area contributed by atoms with Crippen molar-refractivity contribution in [3.8, 4) is 0 Å². The number of benzene rings is 1. The van der Waals surface area contributed by atoms with Crippen molar-refractivity contribution in [1.29, 1.82) is 0 Å². The third-order valence-corrected chi connectivity index (χ3v) is 3.16. The molecule has 0 bridgehead atoms. The molecule has 94 valence electrons. The van der Waals surface area contributed by atoms with Gasteiger partial charge in [-0.25, -0.2) is 0 Å². The van der Waals surface area contributed by atoms with Gasteiger partial charge < -0.3 is 10.1 Å². The lowest BCUT2D eigenvalue weighted by atomic mass is 9.86. The molecule has 4 heteroatoms. The Morgan fingerprint density at radius 3 is 2.65 bits per heavy atom. The Bertz CT molecular complexity index is 356. The molecule has 17 heavy (non-hydrogen) atoms. The van der Waals surface area contributed by atoms with Gasteiger partial charge in [-0.05, 0) is 17.9 Å². The minimum atomic E-state index is -0.104. The van der Waals surface area contributed by atoms with Crippen LogP contribution in [0.25, 0.3) is 0 Å². The molecule has 1 aromatic rings. The first-order valence-corrected chi connectivity index (χ1v) is 5.64. The number of hydrogen-bond acceptors (Lipinski definition) is 3. The van der Waals surface area contributed by atoms with E-state index in [0.717, 1.165) is 19.5 Å². The van der Waals surface area contributed by atoms with Gasteiger partial charge in [-0.3, -0.25) is 4.79 Å². The summed E-state index contributed by atoms with van der Waals surface area (Å²) in [6, 6.07) is 10.3. The van der Waals surface area contributed by atoms with Gasteiger partial charge in [0.25, 0.3) is 0 Å². The highest BCUT2D eigenvalue weighted by Crippen LogP contribution is 2.26. The summed E-state index contributed by atoms with van der Waals surface area (Å²) in [7, 11) is 1.45. The molecule has 1 fully saturated rings. The number of hydrogen-bond donors (Lipinski definition) is 1. The van der Waals surface area contributed by atoms with E-state index >= 15 is 0 Å². The Kier molecular flexibility index (Phi) is 5.45. The molecule has 2 atom stereocenters. The van der Waals surface area contributed by atoms with E-state index < -0.39 is 0 Å². The van der Waals surface area contributed by atoms with Crippen LogP contribution in [0.2, 0.25) is 0 Å². The van der Waals surface area contributed by atoms with Crippen LogP contribution in [-0.2, 0) is 9.53 Å². The number of piperidine rings is 1. The van der Waals surface area contributed by atoms with Crippen LogP contribution in [0.4, 0.5) is 0 Å². The molecule has 2 unspecified atom stereocenters. The van der Waals surface area contributed by atoms with Crippen LogP contribution < -0.4 is 5.32 Å². The maximum atomic E-state index is 11.5. The lowest BCUT2D eigenvalue weighted by Crippen LogP contribution is -2.39. The number of esters is 1. The molecular weight excluding hydrogens is 238 g/mol. The first-order valence-electron chi connectivity index (χ1n) is 5.64. The third-order valence-electron chi connectivity index (χ3n) is 3.16. The first-order chi connectivity index (χ1) is 7.81. The summed E-state index contributed by atoms with van der Waals surface area (Å²) in [6.45, 7) is 1.67. The lowest BCUT2D eigenvalue weighted by molar-refractivity contribution is -0.146. The molecule has 0 saturated carbocycles. The molecule has 1 aromatic carbocycles. The molecule has 0 aromatic heterocycles. The van der Waals surface area contributed by atoms with Gasteiger partial charge in [0.05, 0.1) is 13.0 Å². The first kappa shape index (κ1) is 14.0. The summed E-state index contributed by atoms with van der Waals surface area (Å²) in [5, 5.41) is 3.30. The Morgan fingerprint density at radius 1 is 1.29 bits per heavy atom. The van der Waals surface area contributed by atoms with Crippen molar-refractivity contribution in [2.24, 2.45) is 5.92 Å². The maximum Gasteiger partial charge on any atom is 0.309 e. The number of rotatable bonds is 2. The van der Waals surface area contributed by atoms with Crippen molar-refractivity contribution >= 4 is 18.4 Å². The van der Waals surface area contributed by atoms with Crippen LogP contribution in [-0.4, -0.2) is 26.2 Å². The van der Waals surface area contributed by atoms with Crippen LogP contribution in [0.1, 0.15) is 17.9 Å². The zero-order valence-corrected chi connectivity index (χ0v) is 10.7. The molecule has 0 spiro atoms. The smallest absolute Gasteiger partial charge is 0.309 e. The number of ether oxygens (including phenoxy) is 1. The zero-order chi connectivity index (χ0) is 11.4. The van der Waals surface area contributed by atoms with Crippen LogP contribution in [0.15, 0.2) is 30.3 Å². The second-order valence-corrected chi connectivity index (χ2v) is 4.22. The second-order valence-electron chi connectivity index (χ2n) is 4.22. The summed E-state index contributed by atoms with van der Waals surface area (Å²) >= 11 is 0. The number of nitrogens with one attached hydrogen (secondary N) is 1. The van der Waals surface area contributed by atoms with E-state index in [1.807, 2.05) is 18.2 Å². The Hall–Kier alpha value is -1.06. The van der Waals surface area contributed by atoms with Crippen LogP contribution >= 0.6 is 12.4 Å². The standard InChI is InChI=1S/C13H17NO2.ClH/c1-16-13(15)12-7-11(8-14-9-12)10-5-3-2-4-6-10;/h2-6,11-12,14H,7-9H2,1H3;1H. The molecule has 0 aliphatic carbocycles. The van der Waals surface area contributed by atoms with Gasteiger partial charge in [0.15, 0.2) is 0 Å². The van der Waals surface area contributed by atoms with E-state index in [1.54, 1.807) is 0 Å². The summed E-state index contributed by atoms with van der Waals surface area (Å²) in [5.74, 6) is 0.302. The molecule has 2 rings (SSSR count). The fraction of sp³-hybridized carbons (Fsp3) is 0.462. The molecule has 0 amide bonds. The van der Waals surface area contributed by atoms with E-state index in [0.29, 0.717) is 5.92 Å². The van der Waals surface area contributed by atoms with E-state index in [2.05, 4.69) is 17.4 Å². The summed E-state index contributed by atoms with van der Waals surface area (Å²) < 4.78 is 4.79. The molecule has 1 heterocycles. The van der Waals surface area contributed by atoms with Crippen LogP contribution in [0.5, 0.6) is 0 Å². The van der Waals surface area contributed by atoms with Crippen molar-refractivity contribution in [1.82, 2.24) is 5.32 Å². The highest BCUT2D eigenvalue weighted by molar-refractivity contribution is 5.85. The summed E-state index contributed by atoms with van der Waals surface area (Å²) in [6.07, 6.45) is 0.879. The van der Waals surface area contributed by atoms with E-state index in [9.17, 15) is 4.79 Å². The van der Waals surface area contributed by atoms with Crippen molar-refractivity contribution in [2.75, 3.05) is 20.2 Å². The minimum Gasteiger partial charge on any atom is -0.469 e. The third kappa shape index (κ3) is 3.45. The van der Waals surface area contributed by atoms with Gasteiger partial charge in [0, 0.05) is 13.1 Å². The van der Waals surface area contributed by atoms with Crippen LogP contribution in [0, 0.1) is 5.92 Å². The molecule has 0 radical (unpaired) electrons. The van der Waals surface area contributed by atoms with Crippen molar-refractivity contribution < 1.29 is 9.53 Å². The average molecular weight is 256 g/mol. The summed E-state index contributed by atoms with van der Waals surface area (Å²) in [4.78, 5) is 11.5. The van der Waals surface area contributed by atoms with Gasteiger partial charge in [-0.1, -0.05) is 30.3 Å². The number of carbonyl (C=O) groups excluding carboxylic acids is 1. The summed E-state index contributed by atoms with van der Waals surface area (Å²) in [5.41, 5.74) is 1.30. The molecule has 1 aliphatic heterocycles. The lowest BCUT2D eigenvalue weighted by Gasteiger charge is -2.28. The largest absolute Gasteiger partial charge is 0.469 e. The van der Waals surface area contributed by atoms with Crippen molar-refractivity contribution in [2.45, 2.75) is 12.3 Å². The maximum absolute atomic E-state index is 11.5.